The molecule has 0 aromatic carbocycles. The second-order valence-electron chi connectivity index (χ2n) is 1.62. The summed E-state index contributed by atoms with van der Waals surface area (Å²) in [5.41, 5.74) is 0. The molecule has 0 radical (unpaired) electrons. The number of rotatable bonds is 2. The lowest BCUT2D eigenvalue weighted by molar-refractivity contribution is 1.21. The van der Waals surface area contributed by atoms with E-state index in [4.69, 9.17) is 6.42 Å². The fourth-order valence-corrected chi connectivity index (χ4v) is 1.12. The van der Waals surface area contributed by atoms with Crippen LogP contribution in [-0.2, 0) is 0 Å². The Bertz CT molecular complexity index is 241. The summed E-state index contributed by atoms with van der Waals surface area (Å²) in [7, 11) is 0. The lowest BCUT2D eigenvalue weighted by Crippen LogP contribution is -1.60. The normalized spacial score (nSPS) is 9.90. The fraction of sp³-hybridized carbons (Fsp3) is 0. The van der Waals surface area contributed by atoms with Crippen LogP contribution in [0.2, 0.25) is 0 Å². The van der Waals surface area contributed by atoms with Crippen LogP contribution in [0.15, 0.2) is 34.8 Å². The minimum atomic E-state index is 1.10. The first-order chi connectivity index (χ1) is 4.93. The highest BCUT2D eigenvalue weighted by Crippen LogP contribution is 2.14. The van der Waals surface area contributed by atoms with Gasteiger partial charge in [0.05, 0.1) is 5.03 Å². The highest BCUT2D eigenvalue weighted by molar-refractivity contribution is 8.02. The Kier molecular flexibility index (Phi) is 2.72. The summed E-state index contributed by atoms with van der Waals surface area (Å²) in [6, 6.07) is 3.94. The second-order valence-corrected chi connectivity index (χ2v) is 2.57. The third-order valence-corrected chi connectivity index (χ3v) is 1.71. The Morgan fingerprint density at radius 2 is 2.60 bits per heavy atom. The van der Waals surface area contributed by atoms with E-state index in [0.29, 0.717) is 0 Å². The molecule has 1 rings (SSSR count). The molecule has 0 saturated heterocycles. The van der Waals surface area contributed by atoms with E-state index < -0.39 is 0 Å². The molecule has 1 nitrogen and oxygen atoms in total. The Labute approximate surface area is 64.5 Å². The molecule has 1 aromatic rings. The van der Waals surface area contributed by atoms with Crippen molar-refractivity contribution in [2.24, 2.45) is 0 Å². The zero-order valence-corrected chi connectivity index (χ0v) is 6.19. The third kappa shape index (κ3) is 2.04. The Morgan fingerprint density at radius 3 is 3.20 bits per heavy atom. The van der Waals surface area contributed by atoms with E-state index in [2.05, 4.69) is 10.9 Å². The molecule has 0 atom stereocenters. The van der Waals surface area contributed by atoms with Crippen molar-refractivity contribution in [2.45, 2.75) is 5.03 Å². The maximum Gasteiger partial charge on any atom is 0.0764 e. The van der Waals surface area contributed by atoms with Gasteiger partial charge in [0.1, 0.15) is 0 Å². The van der Waals surface area contributed by atoms with Crippen LogP contribution in [0.5, 0.6) is 0 Å². The van der Waals surface area contributed by atoms with Crippen molar-refractivity contribution < 1.29 is 0 Å². The van der Waals surface area contributed by atoms with Gasteiger partial charge in [0.15, 0.2) is 0 Å². The maximum absolute atomic E-state index is 5.01. The molecule has 0 spiro atoms. The quantitative estimate of drug-likeness (QED) is 0.503. The molecule has 1 N–H and O–H groups in total. The lowest BCUT2D eigenvalue weighted by atomic mass is 10.7. The Balaban J connectivity index is 2.43. The summed E-state index contributed by atoms with van der Waals surface area (Å²) in [4.78, 5) is 3.04. The highest BCUT2D eigenvalue weighted by Gasteiger charge is 1.85. The molecular weight excluding hydrogens is 142 g/mol. The van der Waals surface area contributed by atoms with E-state index in [1.807, 2.05) is 23.7 Å². The summed E-state index contributed by atoms with van der Waals surface area (Å²) in [6.07, 6.45) is 8.56. The van der Waals surface area contributed by atoms with Gasteiger partial charge in [-0.15, -0.1) is 6.42 Å². The van der Waals surface area contributed by atoms with Crippen LogP contribution in [0.3, 0.4) is 0 Å². The van der Waals surface area contributed by atoms with Crippen LogP contribution in [-0.4, -0.2) is 4.98 Å². The van der Waals surface area contributed by atoms with E-state index in [1.165, 1.54) is 0 Å². The number of hydrogen-bond acceptors (Lipinski definition) is 1. The molecule has 0 aliphatic heterocycles. The van der Waals surface area contributed by atoms with Crippen LogP contribution >= 0.6 is 11.8 Å². The van der Waals surface area contributed by atoms with Gasteiger partial charge in [-0.2, -0.15) is 0 Å². The van der Waals surface area contributed by atoms with Crippen molar-refractivity contribution in [1.82, 2.24) is 4.98 Å². The molecular formula is C8H7NS. The zero-order valence-electron chi connectivity index (χ0n) is 5.37. The monoisotopic (exact) mass is 149 g/mol. The van der Waals surface area contributed by atoms with E-state index in [0.717, 1.165) is 5.03 Å². The largest absolute Gasteiger partial charge is 0.356 e. The van der Waals surface area contributed by atoms with Gasteiger partial charge in [0, 0.05) is 6.20 Å². The smallest absolute Gasteiger partial charge is 0.0764 e. The molecule has 1 heterocycles. The molecule has 0 amide bonds. The molecule has 50 valence electrons. The summed E-state index contributed by atoms with van der Waals surface area (Å²) in [5.74, 6) is 2.41. The molecule has 10 heavy (non-hydrogen) atoms. The second kappa shape index (κ2) is 3.86. The van der Waals surface area contributed by atoms with Crippen molar-refractivity contribution in [2.75, 3.05) is 0 Å². The van der Waals surface area contributed by atoms with E-state index in [1.54, 1.807) is 17.8 Å². The SMILES string of the molecule is C#CC=CSc1ccc[nH]1. The van der Waals surface area contributed by atoms with Gasteiger partial charge in [-0.1, -0.05) is 17.7 Å². The predicted molar refractivity (Wildman–Crippen MR) is 44.6 cm³/mol. The summed E-state index contributed by atoms with van der Waals surface area (Å²) < 4.78 is 0. The number of H-pyrrole nitrogens is 1. The van der Waals surface area contributed by atoms with Gasteiger partial charge in [0.25, 0.3) is 0 Å². The topological polar surface area (TPSA) is 15.8 Å². The standard InChI is InChI=1S/C8H7NS/c1-2-3-7-10-8-5-4-6-9-8/h1,3-7,9H. The van der Waals surface area contributed by atoms with Gasteiger partial charge >= 0.3 is 0 Å². The average molecular weight is 149 g/mol. The fourth-order valence-electron chi connectivity index (χ4n) is 0.534. The number of allylic oxidation sites excluding steroid dienone is 1. The number of aromatic amines is 1. The van der Waals surface area contributed by atoms with E-state index >= 15 is 0 Å². The Hall–Kier alpha value is -1.07. The van der Waals surface area contributed by atoms with Gasteiger partial charge in [-0.3, -0.25) is 0 Å². The minimum absolute atomic E-state index is 1.10. The van der Waals surface area contributed by atoms with Gasteiger partial charge in [-0.05, 0) is 23.6 Å². The summed E-state index contributed by atoms with van der Waals surface area (Å²) in [5, 5.41) is 2.97. The van der Waals surface area contributed by atoms with E-state index in [9.17, 15) is 0 Å². The number of nitrogens with one attached hydrogen (secondary N) is 1. The first kappa shape index (κ1) is 7.04. The summed E-state index contributed by atoms with van der Waals surface area (Å²) in [6.45, 7) is 0. The number of thioether (sulfide) groups is 1. The van der Waals surface area contributed by atoms with Crippen LogP contribution in [0.25, 0.3) is 0 Å². The van der Waals surface area contributed by atoms with Crippen molar-refractivity contribution in [3.05, 3.63) is 29.8 Å². The molecule has 2 heteroatoms. The molecule has 0 fully saturated rings. The average Bonchev–Trinajstić information content (AvgIpc) is 2.41. The zero-order chi connectivity index (χ0) is 7.23. The number of hydrogen-bond donors (Lipinski definition) is 1. The van der Waals surface area contributed by atoms with Gasteiger partial charge in [0.2, 0.25) is 0 Å². The lowest BCUT2D eigenvalue weighted by Gasteiger charge is -1.84. The molecule has 0 unspecified atom stereocenters. The Morgan fingerprint density at radius 1 is 1.70 bits per heavy atom. The summed E-state index contributed by atoms with van der Waals surface area (Å²) >= 11 is 1.57. The van der Waals surface area contributed by atoms with Crippen LogP contribution < -0.4 is 0 Å². The van der Waals surface area contributed by atoms with Crippen molar-refractivity contribution in [3.63, 3.8) is 0 Å². The van der Waals surface area contributed by atoms with Crippen LogP contribution in [0.4, 0.5) is 0 Å². The van der Waals surface area contributed by atoms with E-state index in [-0.39, 0.29) is 0 Å². The number of terminal acetylenes is 1. The first-order valence-corrected chi connectivity index (χ1v) is 3.72. The van der Waals surface area contributed by atoms with Gasteiger partial charge in [-0.25, -0.2) is 0 Å². The molecule has 0 saturated carbocycles. The van der Waals surface area contributed by atoms with Crippen LogP contribution in [0, 0.1) is 12.3 Å². The molecule has 0 aliphatic carbocycles. The third-order valence-electron chi connectivity index (χ3n) is 0.929. The van der Waals surface area contributed by atoms with Crippen molar-refractivity contribution >= 4 is 11.8 Å². The van der Waals surface area contributed by atoms with Crippen molar-refractivity contribution in [1.29, 1.82) is 0 Å². The molecule has 0 aliphatic rings. The van der Waals surface area contributed by atoms with Crippen LogP contribution in [0.1, 0.15) is 0 Å². The molecule has 1 aromatic heterocycles. The number of aromatic nitrogens is 1. The minimum Gasteiger partial charge on any atom is -0.356 e. The van der Waals surface area contributed by atoms with Gasteiger partial charge < -0.3 is 4.98 Å². The van der Waals surface area contributed by atoms with Crippen molar-refractivity contribution in [3.8, 4) is 12.3 Å². The molecule has 0 bridgehead atoms. The maximum atomic E-state index is 5.01. The first-order valence-electron chi connectivity index (χ1n) is 2.84. The predicted octanol–water partition coefficient (Wildman–Crippen LogP) is 2.25. The highest BCUT2D eigenvalue weighted by atomic mass is 32.2.